The summed E-state index contributed by atoms with van der Waals surface area (Å²) in [5, 5.41) is 18.4. The topological polar surface area (TPSA) is 60.8 Å². The summed E-state index contributed by atoms with van der Waals surface area (Å²) in [5.41, 5.74) is 0.495. The molecule has 1 aromatic carbocycles. The lowest BCUT2D eigenvalue weighted by molar-refractivity contribution is 0.0361. The molecule has 0 bridgehead atoms. The van der Waals surface area contributed by atoms with Gasteiger partial charge in [-0.15, -0.1) is 0 Å². The van der Waals surface area contributed by atoms with Crippen molar-refractivity contribution < 1.29 is 15.0 Å². The van der Waals surface area contributed by atoms with Crippen molar-refractivity contribution in [2.24, 2.45) is 5.92 Å². The van der Waals surface area contributed by atoms with Crippen molar-refractivity contribution in [2.75, 3.05) is 19.7 Å². The Bertz CT molecular complexity index is 416. The number of carbonyl (C=O) groups is 1. The molecule has 1 saturated heterocycles. The van der Waals surface area contributed by atoms with Crippen LogP contribution in [0.1, 0.15) is 10.4 Å². The number of benzene rings is 1. The number of halogens is 1. The van der Waals surface area contributed by atoms with Gasteiger partial charge in [-0.05, 0) is 40.8 Å². The molecule has 1 amide bonds. The highest BCUT2D eigenvalue weighted by molar-refractivity contribution is 14.1. The third-order valence-corrected chi connectivity index (χ3v) is 3.61. The molecule has 0 saturated carbocycles. The van der Waals surface area contributed by atoms with Crippen LogP contribution in [0.2, 0.25) is 0 Å². The molecule has 4 nitrogen and oxygen atoms in total. The summed E-state index contributed by atoms with van der Waals surface area (Å²) in [6, 6.07) is 4.90. The second kappa shape index (κ2) is 4.58. The molecule has 16 heavy (non-hydrogen) atoms. The van der Waals surface area contributed by atoms with Crippen molar-refractivity contribution in [3.8, 4) is 5.75 Å². The second-order valence-electron chi connectivity index (χ2n) is 3.92. The van der Waals surface area contributed by atoms with Crippen LogP contribution >= 0.6 is 22.6 Å². The van der Waals surface area contributed by atoms with E-state index in [0.717, 1.165) is 3.57 Å². The van der Waals surface area contributed by atoms with Crippen molar-refractivity contribution in [2.45, 2.75) is 0 Å². The molecule has 2 rings (SSSR count). The van der Waals surface area contributed by atoms with E-state index in [9.17, 15) is 9.90 Å². The molecule has 0 atom stereocenters. The number of phenolic OH excluding ortho intramolecular Hbond substituents is 1. The molecule has 0 aromatic heterocycles. The van der Waals surface area contributed by atoms with Gasteiger partial charge in [-0.2, -0.15) is 0 Å². The van der Waals surface area contributed by atoms with Crippen LogP contribution in [-0.4, -0.2) is 40.7 Å². The van der Waals surface area contributed by atoms with Gasteiger partial charge in [0, 0.05) is 31.2 Å². The Morgan fingerprint density at radius 3 is 2.75 bits per heavy atom. The summed E-state index contributed by atoms with van der Waals surface area (Å²) in [5.74, 6) is 0.253. The van der Waals surface area contributed by atoms with E-state index in [4.69, 9.17) is 5.11 Å². The van der Waals surface area contributed by atoms with Crippen molar-refractivity contribution in [1.29, 1.82) is 0 Å². The van der Waals surface area contributed by atoms with Gasteiger partial charge in [0.15, 0.2) is 0 Å². The van der Waals surface area contributed by atoms with Crippen molar-refractivity contribution in [3.05, 3.63) is 27.3 Å². The summed E-state index contributed by atoms with van der Waals surface area (Å²) in [6.07, 6.45) is 0. The smallest absolute Gasteiger partial charge is 0.254 e. The number of carbonyl (C=O) groups excluding carboxylic acids is 1. The lowest BCUT2D eigenvalue weighted by atomic mass is 10.00. The maximum Gasteiger partial charge on any atom is 0.254 e. The largest absolute Gasteiger partial charge is 0.507 e. The molecule has 2 N–H and O–H groups in total. The maximum absolute atomic E-state index is 11.9. The van der Waals surface area contributed by atoms with Gasteiger partial charge in [0.25, 0.3) is 5.91 Å². The van der Waals surface area contributed by atoms with Crippen LogP contribution in [0.25, 0.3) is 0 Å². The molecule has 1 heterocycles. The molecule has 0 spiro atoms. The van der Waals surface area contributed by atoms with Crippen LogP contribution in [-0.2, 0) is 0 Å². The van der Waals surface area contributed by atoms with Crippen LogP contribution in [0.15, 0.2) is 18.2 Å². The Balaban J connectivity index is 2.07. The first-order chi connectivity index (χ1) is 7.61. The number of amides is 1. The van der Waals surface area contributed by atoms with E-state index in [2.05, 4.69) is 0 Å². The van der Waals surface area contributed by atoms with Crippen LogP contribution in [0.3, 0.4) is 0 Å². The third-order valence-electron chi connectivity index (χ3n) is 2.70. The van der Waals surface area contributed by atoms with Crippen LogP contribution < -0.4 is 0 Å². The van der Waals surface area contributed by atoms with E-state index in [1.165, 1.54) is 6.07 Å². The Labute approximate surface area is 107 Å². The van der Waals surface area contributed by atoms with Gasteiger partial charge in [-0.1, -0.05) is 0 Å². The van der Waals surface area contributed by atoms with Crippen molar-refractivity contribution in [3.63, 3.8) is 0 Å². The minimum absolute atomic E-state index is 0.0867. The molecule has 86 valence electrons. The lowest BCUT2D eigenvalue weighted by Gasteiger charge is -2.38. The fraction of sp³-hybridized carbons (Fsp3) is 0.364. The summed E-state index contributed by atoms with van der Waals surface area (Å²) in [4.78, 5) is 13.6. The molecule has 1 aromatic rings. The van der Waals surface area contributed by atoms with Gasteiger partial charge in [0.05, 0.1) is 3.57 Å². The highest BCUT2D eigenvalue weighted by atomic mass is 127. The fourth-order valence-corrected chi connectivity index (χ4v) is 2.01. The standard InChI is InChI=1S/C11H12INO3/c12-9-2-1-8(3-10(9)15)11(16)13-4-7(5-13)6-14/h1-3,7,14-15H,4-6H2. The van der Waals surface area contributed by atoms with Crippen LogP contribution in [0.4, 0.5) is 0 Å². The second-order valence-corrected chi connectivity index (χ2v) is 5.09. The summed E-state index contributed by atoms with van der Waals surface area (Å²) >= 11 is 2.01. The summed E-state index contributed by atoms with van der Waals surface area (Å²) in [7, 11) is 0. The molecule has 0 unspecified atom stereocenters. The van der Waals surface area contributed by atoms with E-state index in [-0.39, 0.29) is 24.2 Å². The van der Waals surface area contributed by atoms with Gasteiger partial charge < -0.3 is 15.1 Å². The zero-order chi connectivity index (χ0) is 11.7. The summed E-state index contributed by atoms with van der Waals surface area (Å²) in [6.45, 7) is 1.33. The number of hydrogen-bond acceptors (Lipinski definition) is 3. The van der Waals surface area contributed by atoms with E-state index in [1.54, 1.807) is 17.0 Å². The SMILES string of the molecule is O=C(c1ccc(I)c(O)c1)N1CC(CO)C1. The maximum atomic E-state index is 11.9. The average Bonchev–Trinajstić information content (AvgIpc) is 2.20. The van der Waals surface area contributed by atoms with Crippen molar-refractivity contribution in [1.82, 2.24) is 4.90 Å². The molecule has 0 radical (unpaired) electrons. The first-order valence-electron chi connectivity index (χ1n) is 5.00. The number of aliphatic hydroxyl groups is 1. The molecule has 0 aliphatic carbocycles. The van der Waals surface area contributed by atoms with E-state index < -0.39 is 0 Å². The number of aliphatic hydroxyl groups excluding tert-OH is 1. The molecule has 5 heteroatoms. The van der Waals surface area contributed by atoms with E-state index in [1.807, 2.05) is 22.6 Å². The monoisotopic (exact) mass is 333 g/mol. The quantitative estimate of drug-likeness (QED) is 0.796. The normalized spacial score (nSPS) is 16.0. The number of nitrogens with zero attached hydrogens (tertiary/aromatic N) is 1. The fourth-order valence-electron chi connectivity index (χ4n) is 1.68. The predicted octanol–water partition coefficient (Wildman–Crippen LogP) is 1.06. The first kappa shape index (κ1) is 11.7. The number of aromatic hydroxyl groups is 1. The van der Waals surface area contributed by atoms with Crippen LogP contribution in [0, 0.1) is 9.49 Å². The molecular formula is C11H12INO3. The Morgan fingerprint density at radius 2 is 2.19 bits per heavy atom. The first-order valence-corrected chi connectivity index (χ1v) is 6.08. The zero-order valence-corrected chi connectivity index (χ0v) is 10.7. The van der Waals surface area contributed by atoms with Crippen molar-refractivity contribution >= 4 is 28.5 Å². The van der Waals surface area contributed by atoms with Gasteiger partial charge in [0.2, 0.25) is 0 Å². The average molecular weight is 333 g/mol. The number of phenols is 1. The number of rotatable bonds is 2. The van der Waals surface area contributed by atoms with E-state index >= 15 is 0 Å². The Kier molecular flexibility index (Phi) is 3.34. The number of likely N-dealkylation sites (tertiary alicyclic amines) is 1. The Morgan fingerprint density at radius 1 is 1.50 bits per heavy atom. The van der Waals surface area contributed by atoms with Gasteiger partial charge in [-0.25, -0.2) is 0 Å². The summed E-state index contributed by atoms with van der Waals surface area (Å²) < 4.78 is 0.728. The minimum Gasteiger partial charge on any atom is -0.507 e. The highest BCUT2D eigenvalue weighted by Gasteiger charge is 2.30. The van der Waals surface area contributed by atoms with E-state index in [0.29, 0.717) is 18.7 Å². The minimum atomic E-state index is -0.0867. The molecule has 1 fully saturated rings. The molecular weight excluding hydrogens is 321 g/mol. The highest BCUT2D eigenvalue weighted by Crippen LogP contribution is 2.23. The van der Waals surface area contributed by atoms with Crippen LogP contribution in [0.5, 0.6) is 5.75 Å². The van der Waals surface area contributed by atoms with Gasteiger partial charge in [-0.3, -0.25) is 4.79 Å². The van der Waals surface area contributed by atoms with Gasteiger partial charge in [0.1, 0.15) is 5.75 Å². The molecule has 1 aliphatic heterocycles. The van der Waals surface area contributed by atoms with Gasteiger partial charge >= 0.3 is 0 Å². The number of hydrogen-bond donors (Lipinski definition) is 2. The lowest BCUT2D eigenvalue weighted by Crippen LogP contribution is -2.51. The third kappa shape index (κ3) is 2.15. The zero-order valence-electron chi connectivity index (χ0n) is 8.56. The molecule has 1 aliphatic rings. The predicted molar refractivity (Wildman–Crippen MR) is 67.3 cm³/mol. The Hall–Kier alpha value is -0.820.